The SMILES string of the molecule is COc1ccc(CN(C(=O)CCc2ccc(S(=O)(=O)NC3CC3)cc2)[C@@H](Cc2ccccc2)C(=O)NCc2ccncc2)cc1. The van der Waals surface area contributed by atoms with E-state index in [1.54, 1.807) is 48.7 Å². The molecule has 9 nitrogen and oxygen atoms in total. The lowest BCUT2D eigenvalue weighted by atomic mass is 10.0. The van der Waals surface area contributed by atoms with Crippen molar-refractivity contribution in [3.63, 3.8) is 0 Å². The molecule has 234 valence electrons. The maximum Gasteiger partial charge on any atom is 0.243 e. The van der Waals surface area contributed by atoms with Crippen LogP contribution in [0.4, 0.5) is 0 Å². The van der Waals surface area contributed by atoms with Crippen molar-refractivity contribution in [2.24, 2.45) is 0 Å². The molecule has 2 N–H and O–H groups in total. The lowest BCUT2D eigenvalue weighted by Gasteiger charge is -2.32. The number of benzene rings is 3. The second kappa shape index (κ2) is 15.0. The number of ether oxygens (including phenoxy) is 1. The van der Waals surface area contributed by atoms with Crippen molar-refractivity contribution in [3.05, 3.63) is 126 Å². The molecule has 10 heteroatoms. The quantitative estimate of drug-likeness (QED) is 0.202. The first kappa shape index (κ1) is 31.9. The molecule has 5 rings (SSSR count). The van der Waals surface area contributed by atoms with E-state index < -0.39 is 16.1 Å². The van der Waals surface area contributed by atoms with E-state index >= 15 is 0 Å². The van der Waals surface area contributed by atoms with Gasteiger partial charge in [0.25, 0.3) is 0 Å². The van der Waals surface area contributed by atoms with Crippen LogP contribution in [-0.4, -0.2) is 49.3 Å². The van der Waals surface area contributed by atoms with Crippen LogP contribution in [0.25, 0.3) is 0 Å². The summed E-state index contributed by atoms with van der Waals surface area (Å²) in [5.41, 5.74) is 3.54. The molecule has 1 fully saturated rings. The van der Waals surface area contributed by atoms with E-state index in [0.29, 0.717) is 25.1 Å². The Morgan fingerprint density at radius 2 is 1.53 bits per heavy atom. The van der Waals surface area contributed by atoms with Crippen molar-refractivity contribution in [2.75, 3.05) is 7.11 Å². The van der Waals surface area contributed by atoms with Gasteiger partial charge >= 0.3 is 0 Å². The van der Waals surface area contributed by atoms with Crippen molar-refractivity contribution < 1.29 is 22.7 Å². The second-order valence-electron chi connectivity index (χ2n) is 11.2. The predicted octanol–water partition coefficient (Wildman–Crippen LogP) is 4.42. The molecule has 0 bridgehead atoms. The fourth-order valence-electron chi connectivity index (χ4n) is 5.01. The van der Waals surface area contributed by atoms with Crippen molar-refractivity contribution in [2.45, 2.75) is 62.2 Å². The number of pyridine rings is 1. The number of methoxy groups -OCH3 is 1. The highest BCUT2D eigenvalue weighted by Crippen LogP contribution is 2.23. The molecule has 1 atom stereocenters. The van der Waals surface area contributed by atoms with Crippen molar-refractivity contribution in [1.29, 1.82) is 0 Å². The number of aryl methyl sites for hydroxylation is 1. The van der Waals surface area contributed by atoms with E-state index in [4.69, 9.17) is 4.74 Å². The lowest BCUT2D eigenvalue weighted by molar-refractivity contribution is -0.141. The van der Waals surface area contributed by atoms with Gasteiger partial charge in [0, 0.05) is 44.4 Å². The number of aromatic nitrogens is 1. The van der Waals surface area contributed by atoms with Gasteiger partial charge in [-0.15, -0.1) is 0 Å². The molecule has 1 aliphatic rings. The van der Waals surface area contributed by atoms with E-state index in [9.17, 15) is 18.0 Å². The summed E-state index contributed by atoms with van der Waals surface area (Å²) < 4.78 is 33.1. The first-order chi connectivity index (χ1) is 21.8. The van der Waals surface area contributed by atoms with Crippen LogP contribution in [0.2, 0.25) is 0 Å². The number of rotatable bonds is 15. The van der Waals surface area contributed by atoms with Crippen molar-refractivity contribution in [1.82, 2.24) is 19.9 Å². The first-order valence-corrected chi connectivity index (χ1v) is 16.5. The standard InChI is InChI=1S/C35H38N4O5S/c1-44-31-14-7-29(8-15-31)25-39(34(40)18-11-26-9-16-32(17-10-26)45(42,43)38-30-12-13-30)33(23-27-5-3-2-4-6-27)35(41)37-24-28-19-21-36-22-20-28/h2-10,14-17,19-22,30,33,38H,11-13,18,23-25H2,1H3,(H,37,41)/t33-/m0/s1. The Balaban J connectivity index is 1.36. The Kier molecular flexibility index (Phi) is 10.6. The van der Waals surface area contributed by atoms with E-state index in [1.165, 1.54) is 0 Å². The summed E-state index contributed by atoms with van der Waals surface area (Å²) in [6.45, 7) is 0.537. The normalized spacial score (nSPS) is 13.5. The summed E-state index contributed by atoms with van der Waals surface area (Å²) in [6.07, 6.45) is 5.95. The van der Waals surface area contributed by atoms with Gasteiger partial charge in [-0.25, -0.2) is 13.1 Å². The van der Waals surface area contributed by atoms with Crippen LogP contribution in [0.5, 0.6) is 5.75 Å². The highest BCUT2D eigenvalue weighted by atomic mass is 32.2. The molecule has 0 spiro atoms. The van der Waals surface area contributed by atoms with Crippen molar-refractivity contribution in [3.8, 4) is 5.75 Å². The molecule has 4 aromatic rings. The van der Waals surface area contributed by atoms with Gasteiger partial charge in [0.2, 0.25) is 21.8 Å². The van der Waals surface area contributed by atoms with Gasteiger partial charge in [-0.3, -0.25) is 14.6 Å². The topological polar surface area (TPSA) is 118 Å². The largest absolute Gasteiger partial charge is 0.497 e. The Morgan fingerprint density at radius 3 is 2.18 bits per heavy atom. The zero-order chi connectivity index (χ0) is 31.6. The average Bonchev–Trinajstić information content (AvgIpc) is 3.89. The molecule has 0 saturated heterocycles. The summed E-state index contributed by atoms with van der Waals surface area (Å²) in [6, 6.07) is 26.7. The number of carbonyl (C=O) groups is 2. The van der Waals surface area contributed by atoms with Crippen LogP contribution < -0.4 is 14.8 Å². The molecule has 1 aliphatic carbocycles. The second-order valence-corrected chi connectivity index (χ2v) is 12.9. The number of sulfonamides is 1. The highest BCUT2D eigenvalue weighted by Gasteiger charge is 2.31. The molecule has 0 radical (unpaired) electrons. The number of nitrogens with zero attached hydrogens (tertiary/aromatic N) is 2. The van der Waals surface area contributed by atoms with Crippen LogP contribution >= 0.6 is 0 Å². The summed E-state index contributed by atoms with van der Waals surface area (Å²) in [4.78, 5) is 33.8. The van der Waals surface area contributed by atoms with Gasteiger partial charge in [0.1, 0.15) is 11.8 Å². The number of carbonyl (C=O) groups excluding carboxylic acids is 2. The van der Waals surface area contributed by atoms with Crippen LogP contribution in [0, 0.1) is 0 Å². The smallest absolute Gasteiger partial charge is 0.243 e. The van der Waals surface area contributed by atoms with E-state index in [0.717, 1.165) is 35.1 Å². The zero-order valence-electron chi connectivity index (χ0n) is 25.3. The van der Waals surface area contributed by atoms with Crippen LogP contribution in [-0.2, 0) is 45.5 Å². The van der Waals surface area contributed by atoms with E-state index in [1.807, 2.05) is 66.7 Å². The van der Waals surface area contributed by atoms with Gasteiger partial charge in [0.15, 0.2) is 0 Å². The van der Waals surface area contributed by atoms with E-state index in [-0.39, 0.29) is 35.7 Å². The molecule has 3 aromatic carbocycles. The Labute approximate surface area is 264 Å². The van der Waals surface area contributed by atoms with Crippen molar-refractivity contribution >= 4 is 21.8 Å². The minimum absolute atomic E-state index is 0.0229. The summed E-state index contributed by atoms with van der Waals surface area (Å²) in [5, 5.41) is 3.03. The molecule has 1 heterocycles. The Bertz CT molecular complexity index is 1660. The maximum absolute atomic E-state index is 14.0. The summed E-state index contributed by atoms with van der Waals surface area (Å²) in [5.74, 6) is 0.263. The number of amides is 2. The number of hydrogen-bond donors (Lipinski definition) is 2. The predicted molar refractivity (Wildman–Crippen MR) is 172 cm³/mol. The molecule has 1 aromatic heterocycles. The Morgan fingerprint density at radius 1 is 0.867 bits per heavy atom. The third-order valence-electron chi connectivity index (χ3n) is 7.76. The van der Waals surface area contributed by atoms with Crippen LogP contribution in [0.15, 0.2) is 108 Å². The molecule has 1 saturated carbocycles. The molecular weight excluding hydrogens is 588 g/mol. The van der Waals surface area contributed by atoms with Gasteiger partial charge < -0.3 is 15.0 Å². The van der Waals surface area contributed by atoms with Gasteiger partial charge in [-0.05, 0) is 77.9 Å². The minimum Gasteiger partial charge on any atom is -0.497 e. The summed E-state index contributed by atoms with van der Waals surface area (Å²) in [7, 11) is -1.96. The third-order valence-corrected chi connectivity index (χ3v) is 9.30. The van der Waals surface area contributed by atoms with Crippen LogP contribution in [0.1, 0.15) is 41.5 Å². The molecule has 45 heavy (non-hydrogen) atoms. The van der Waals surface area contributed by atoms with Gasteiger partial charge in [0.05, 0.1) is 12.0 Å². The monoisotopic (exact) mass is 626 g/mol. The molecule has 0 unspecified atom stereocenters. The fraction of sp³-hybridized carbons (Fsp3) is 0.286. The summed E-state index contributed by atoms with van der Waals surface area (Å²) >= 11 is 0. The van der Waals surface area contributed by atoms with Crippen LogP contribution in [0.3, 0.4) is 0 Å². The molecule has 0 aliphatic heterocycles. The lowest BCUT2D eigenvalue weighted by Crippen LogP contribution is -2.50. The first-order valence-electron chi connectivity index (χ1n) is 15.0. The maximum atomic E-state index is 14.0. The minimum atomic E-state index is -3.56. The Hall–Kier alpha value is -4.54. The van der Waals surface area contributed by atoms with Gasteiger partial charge in [-0.2, -0.15) is 0 Å². The number of hydrogen-bond acceptors (Lipinski definition) is 6. The average molecular weight is 627 g/mol. The number of nitrogens with one attached hydrogen (secondary N) is 2. The van der Waals surface area contributed by atoms with Gasteiger partial charge in [-0.1, -0.05) is 54.6 Å². The molecule has 2 amide bonds. The fourth-order valence-corrected chi connectivity index (χ4v) is 6.31. The highest BCUT2D eigenvalue weighted by molar-refractivity contribution is 7.89. The molecular formula is C35H38N4O5S. The van der Waals surface area contributed by atoms with E-state index in [2.05, 4.69) is 15.0 Å². The third kappa shape index (κ3) is 9.23. The zero-order valence-corrected chi connectivity index (χ0v) is 26.1.